The monoisotopic (exact) mass is 267 g/mol. The molecule has 0 saturated carbocycles. The van der Waals surface area contributed by atoms with Gasteiger partial charge in [-0.1, -0.05) is 37.3 Å². The summed E-state index contributed by atoms with van der Waals surface area (Å²) in [5.74, 6) is 0.995. The van der Waals surface area contributed by atoms with E-state index in [1.54, 1.807) is 7.11 Å². The Hall–Kier alpha value is -2.29. The lowest BCUT2D eigenvalue weighted by molar-refractivity contribution is -0.129. The van der Waals surface area contributed by atoms with Gasteiger partial charge < -0.3 is 9.64 Å². The molecule has 2 aromatic rings. The highest BCUT2D eigenvalue weighted by Gasteiger charge is 2.45. The van der Waals surface area contributed by atoms with Crippen molar-refractivity contribution >= 4 is 11.6 Å². The van der Waals surface area contributed by atoms with E-state index in [1.807, 2.05) is 54.3 Å². The first-order valence-corrected chi connectivity index (χ1v) is 6.74. The molecule has 1 saturated heterocycles. The first-order chi connectivity index (χ1) is 9.72. The molecule has 1 amide bonds. The molecule has 1 aliphatic heterocycles. The van der Waals surface area contributed by atoms with Crippen LogP contribution in [0, 0.1) is 5.92 Å². The number of ether oxygens (including phenoxy) is 1. The second-order valence-corrected chi connectivity index (χ2v) is 5.05. The van der Waals surface area contributed by atoms with Gasteiger partial charge in [0.25, 0.3) is 0 Å². The number of benzene rings is 2. The Morgan fingerprint density at radius 3 is 2.25 bits per heavy atom. The van der Waals surface area contributed by atoms with Gasteiger partial charge in [0.15, 0.2) is 0 Å². The summed E-state index contributed by atoms with van der Waals surface area (Å²) in [7, 11) is 1.64. The minimum Gasteiger partial charge on any atom is -0.497 e. The number of hydrogen-bond donors (Lipinski definition) is 0. The first kappa shape index (κ1) is 12.7. The number of nitrogens with zero attached hydrogens (tertiary/aromatic N) is 1. The molecule has 102 valence electrons. The maximum absolute atomic E-state index is 12.2. The molecule has 3 nitrogen and oxygen atoms in total. The second-order valence-electron chi connectivity index (χ2n) is 5.05. The lowest BCUT2D eigenvalue weighted by atomic mass is 9.83. The van der Waals surface area contributed by atoms with Crippen LogP contribution in [0.3, 0.4) is 0 Å². The third-order valence-corrected chi connectivity index (χ3v) is 3.87. The summed E-state index contributed by atoms with van der Waals surface area (Å²) in [6, 6.07) is 17.9. The molecule has 0 N–H and O–H groups in total. The van der Waals surface area contributed by atoms with Crippen LogP contribution in [0.4, 0.5) is 5.69 Å². The molecule has 0 bridgehead atoms. The van der Waals surface area contributed by atoms with Gasteiger partial charge >= 0.3 is 0 Å². The van der Waals surface area contributed by atoms with Gasteiger partial charge in [-0.2, -0.15) is 0 Å². The van der Waals surface area contributed by atoms with E-state index in [2.05, 4.69) is 12.1 Å². The molecule has 2 atom stereocenters. The van der Waals surface area contributed by atoms with Crippen molar-refractivity contribution in [3.05, 3.63) is 60.2 Å². The van der Waals surface area contributed by atoms with Gasteiger partial charge in [-0.05, 0) is 29.8 Å². The minimum absolute atomic E-state index is 0.0273. The zero-order valence-corrected chi connectivity index (χ0v) is 11.6. The van der Waals surface area contributed by atoms with Crippen LogP contribution in [-0.2, 0) is 4.79 Å². The molecule has 0 spiro atoms. The van der Waals surface area contributed by atoms with Crippen LogP contribution < -0.4 is 9.64 Å². The number of β-lactam (4-membered cyclic amide) rings is 1. The second kappa shape index (κ2) is 5.00. The van der Waals surface area contributed by atoms with Crippen molar-refractivity contribution in [2.75, 3.05) is 12.0 Å². The maximum atomic E-state index is 12.2. The fraction of sp³-hybridized carbons (Fsp3) is 0.235. The number of carbonyl (C=O) groups is 1. The molecule has 2 aromatic carbocycles. The number of hydrogen-bond acceptors (Lipinski definition) is 2. The average Bonchev–Trinajstić information content (AvgIpc) is 2.52. The molecular weight excluding hydrogens is 250 g/mol. The number of anilines is 1. The van der Waals surface area contributed by atoms with Gasteiger partial charge in [0.2, 0.25) is 5.91 Å². The Balaban J connectivity index is 1.92. The molecule has 0 aromatic heterocycles. The Bertz CT molecular complexity index is 607. The minimum atomic E-state index is 0.0273. The van der Waals surface area contributed by atoms with Gasteiger partial charge in [-0.25, -0.2) is 0 Å². The number of amides is 1. The van der Waals surface area contributed by atoms with Crippen LogP contribution >= 0.6 is 0 Å². The van der Waals surface area contributed by atoms with Crippen LogP contribution in [0.25, 0.3) is 0 Å². The van der Waals surface area contributed by atoms with E-state index in [0.29, 0.717) is 0 Å². The van der Waals surface area contributed by atoms with Crippen LogP contribution in [-0.4, -0.2) is 13.0 Å². The fourth-order valence-electron chi connectivity index (χ4n) is 2.75. The lowest BCUT2D eigenvalue weighted by Gasteiger charge is -2.46. The Kier molecular flexibility index (Phi) is 3.18. The molecule has 3 heteroatoms. The number of rotatable bonds is 3. The summed E-state index contributed by atoms with van der Waals surface area (Å²) >= 11 is 0. The van der Waals surface area contributed by atoms with E-state index < -0.39 is 0 Å². The lowest BCUT2D eigenvalue weighted by Crippen LogP contribution is -2.54. The summed E-state index contributed by atoms with van der Waals surface area (Å²) in [6.45, 7) is 1.99. The fourth-order valence-corrected chi connectivity index (χ4v) is 2.75. The van der Waals surface area contributed by atoms with E-state index in [4.69, 9.17) is 4.74 Å². The quantitative estimate of drug-likeness (QED) is 0.797. The van der Waals surface area contributed by atoms with Gasteiger partial charge in [0.05, 0.1) is 19.1 Å². The number of methoxy groups -OCH3 is 1. The van der Waals surface area contributed by atoms with Crippen molar-refractivity contribution in [1.82, 2.24) is 0 Å². The highest BCUT2D eigenvalue weighted by molar-refractivity contribution is 6.03. The molecule has 1 aliphatic rings. The van der Waals surface area contributed by atoms with Crippen molar-refractivity contribution in [3.63, 3.8) is 0 Å². The summed E-state index contributed by atoms with van der Waals surface area (Å²) in [5, 5.41) is 0. The highest BCUT2D eigenvalue weighted by atomic mass is 16.5. The van der Waals surface area contributed by atoms with Crippen molar-refractivity contribution in [3.8, 4) is 5.75 Å². The van der Waals surface area contributed by atoms with Gasteiger partial charge in [-0.15, -0.1) is 0 Å². The zero-order chi connectivity index (χ0) is 14.1. The summed E-state index contributed by atoms with van der Waals surface area (Å²) in [4.78, 5) is 14.1. The Morgan fingerprint density at radius 1 is 1.00 bits per heavy atom. The number of carbonyl (C=O) groups excluding carboxylic acids is 1. The third-order valence-electron chi connectivity index (χ3n) is 3.87. The molecule has 1 heterocycles. The molecular formula is C17H17NO2. The van der Waals surface area contributed by atoms with E-state index in [0.717, 1.165) is 11.4 Å². The van der Waals surface area contributed by atoms with Crippen molar-refractivity contribution in [1.29, 1.82) is 0 Å². The first-order valence-electron chi connectivity index (χ1n) is 6.74. The molecule has 0 aliphatic carbocycles. The SMILES string of the molecule is COc1ccc(N2C(=O)[C@@H](C)[C@H]2c2ccccc2)cc1. The molecule has 20 heavy (non-hydrogen) atoms. The van der Waals surface area contributed by atoms with Crippen LogP contribution in [0.15, 0.2) is 54.6 Å². The van der Waals surface area contributed by atoms with Crippen LogP contribution in [0.5, 0.6) is 5.75 Å². The van der Waals surface area contributed by atoms with E-state index >= 15 is 0 Å². The predicted molar refractivity (Wildman–Crippen MR) is 78.8 cm³/mol. The molecule has 3 rings (SSSR count). The standard InChI is InChI=1S/C17H17NO2/c1-12-16(13-6-4-3-5-7-13)18(17(12)19)14-8-10-15(20-2)11-9-14/h3-12,16H,1-2H3/t12-,16-/m0/s1. The van der Waals surface area contributed by atoms with Crippen molar-refractivity contribution in [2.24, 2.45) is 5.92 Å². The van der Waals surface area contributed by atoms with E-state index in [9.17, 15) is 4.79 Å². The Morgan fingerprint density at radius 2 is 1.65 bits per heavy atom. The highest BCUT2D eigenvalue weighted by Crippen LogP contribution is 2.43. The van der Waals surface area contributed by atoms with Crippen molar-refractivity contribution in [2.45, 2.75) is 13.0 Å². The smallest absolute Gasteiger partial charge is 0.232 e. The van der Waals surface area contributed by atoms with Gasteiger partial charge in [0, 0.05) is 5.69 Å². The summed E-state index contributed by atoms with van der Waals surface area (Å²) in [5.41, 5.74) is 2.10. The molecule has 0 radical (unpaired) electrons. The van der Waals surface area contributed by atoms with E-state index in [-0.39, 0.29) is 17.9 Å². The third kappa shape index (κ3) is 1.95. The van der Waals surface area contributed by atoms with E-state index in [1.165, 1.54) is 5.56 Å². The summed E-state index contributed by atoms with van der Waals surface area (Å²) < 4.78 is 5.16. The normalized spacial score (nSPS) is 21.5. The molecule has 1 fully saturated rings. The predicted octanol–water partition coefficient (Wildman–Crippen LogP) is 3.42. The Labute approximate surface area is 118 Å². The van der Waals surface area contributed by atoms with Crippen LogP contribution in [0.2, 0.25) is 0 Å². The van der Waals surface area contributed by atoms with Gasteiger partial charge in [-0.3, -0.25) is 4.79 Å². The molecule has 0 unspecified atom stereocenters. The summed E-state index contributed by atoms with van der Waals surface area (Å²) in [6.07, 6.45) is 0. The largest absolute Gasteiger partial charge is 0.497 e. The average molecular weight is 267 g/mol. The topological polar surface area (TPSA) is 29.5 Å². The van der Waals surface area contributed by atoms with Gasteiger partial charge in [0.1, 0.15) is 5.75 Å². The van der Waals surface area contributed by atoms with Crippen molar-refractivity contribution < 1.29 is 9.53 Å². The zero-order valence-electron chi connectivity index (χ0n) is 11.6. The maximum Gasteiger partial charge on any atom is 0.232 e. The van der Waals surface area contributed by atoms with Crippen LogP contribution in [0.1, 0.15) is 18.5 Å².